The van der Waals surface area contributed by atoms with Crippen LogP contribution >= 0.6 is 11.6 Å². The molecular weight excluding hydrogens is 432 g/mol. The SMILES string of the molecule is CCOC(=O)c1ccc(N2CCN(CC3=C(c4ccc(Cl)cc4)CCC(C)(C)C3)CC2)cc1. The van der Waals surface area contributed by atoms with Gasteiger partial charge in [0.25, 0.3) is 0 Å². The summed E-state index contributed by atoms with van der Waals surface area (Å²) in [5.74, 6) is -0.256. The molecule has 1 saturated heterocycles. The van der Waals surface area contributed by atoms with Gasteiger partial charge in [-0.25, -0.2) is 4.79 Å². The normalized spacial score (nSPS) is 19.0. The van der Waals surface area contributed by atoms with E-state index >= 15 is 0 Å². The molecule has 0 N–H and O–H groups in total. The van der Waals surface area contributed by atoms with Gasteiger partial charge in [0.05, 0.1) is 12.2 Å². The van der Waals surface area contributed by atoms with Gasteiger partial charge in [0, 0.05) is 43.4 Å². The summed E-state index contributed by atoms with van der Waals surface area (Å²) in [5.41, 5.74) is 6.56. The molecule has 2 aromatic carbocycles. The zero-order chi connectivity index (χ0) is 23.4. The summed E-state index contributed by atoms with van der Waals surface area (Å²) in [6.07, 6.45) is 3.52. The monoisotopic (exact) mass is 466 g/mol. The van der Waals surface area contributed by atoms with E-state index in [9.17, 15) is 4.79 Å². The third-order valence-corrected chi connectivity index (χ3v) is 7.15. The Labute approximate surface area is 203 Å². The number of allylic oxidation sites excluding steroid dienone is 1. The zero-order valence-corrected chi connectivity index (χ0v) is 20.8. The average Bonchev–Trinajstić information content (AvgIpc) is 2.80. The van der Waals surface area contributed by atoms with Crippen LogP contribution in [0.5, 0.6) is 0 Å². The minimum absolute atomic E-state index is 0.256. The van der Waals surface area contributed by atoms with Crippen molar-refractivity contribution < 1.29 is 9.53 Å². The molecule has 0 unspecified atom stereocenters. The summed E-state index contributed by atoms with van der Waals surface area (Å²) < 4.78 is 5.09. The third-order valence-electron chi connectivity index (χ3n) is 6.89. The average molecular weight is 467 g/mol. The van der Waals surface area contributed by atoms with Crippen molar-refractivity contribution in [2.75, 3.05) is 44.2 Å². The molecule has 4 nitrogen and oxygen atoms in total. The second-order valence-electron chi connectivity index (χ2n) is 9.96. The molecule has 33 heavy (non-hydrogen) atoms. The van der Waals surface area contributed by atoms with Gasteiger partial charge in [0.15, 0.2) is 0 Å². The van der Waals surface area contributed by atoms with Crippen molar-refractivity contribution in [3.63, 3.8) is 0 Å². The first kappa shape index (κ1) is 23.8. The summed E-state index contributed by atoms with van der Waals surface area (Å²) in [7, 11) is 0. The predicted molar refractivity (Wildman–Crippen MR) is 137 cm³/mol. The molecule has 0 aromatic heterocycles. The molecule has 1 aliphatic carbocycles. The lowest BCUT2D eigenvalue weighted by molar-refractivity contribution is 0.0526. The number of benzene rings is 2. The Bertz CT molecular complexity index is 988. The summed E-state index contributed by atoms with van der Waals surface area (Å²) in [6, 6.07) is 16.2. The number of rotatable bonds is 6. The highest BCUT2D eigenvalue weighted by Gasteiger charge is 2.29. The maximum absolute atomic E-state index is 11.9. The Morgan fingerprint density at radius 3 is 2.30 bits per heavy atom. The van der Waals surface area contributed by atoms with Crippen LogP contribution in [0.3, 0.4) is 0 Å². The van der Waals surface area contributed by atoms with E-state index < -0.39 is 0 Å². The molecule has 4 rings (SSSR count). The van der Waals surface area contributed by atoms with Crippen molar-refractivity contribution in [3.8, 4) is 0 Å². The Morgan fingerprint density at radius 2 is 1.67 bits per heavy atom. The smallest absolute Gasteiger partial charge is 0.338 e. The van der Waals surface area contributed by atoms with Gasteiger partial charge in [-0.2, -0.15) is 0 Å². The molecule has 0 spiro atoms. The Kier molecular flexibility index (Phi) is 7.45. The van der Waals surface area contributed by atoms with Gasteiger partial charge in [-0.05, 0) is 79.1 Å². The molecule has 2 aromatic rings. The zero-order valence-electron chi connectivity index (χ0n) is 20.1. The fraction of sp³-hybridized carbons (Fsp3) is 0.464. The van der Waals surface area contributed by atoms with Gasteiger partial charge in [0.2, 0.25) is 0 Å². The molecule has 1 fully saturated rings. The van der Waals surface area contributed by atoms with Crippen LogP contribution < -0.4 is 4.90 Å². The molecule has 0 bridgehead atoms. The van der Waals surface area contributed by atoms with Crippen LogP contribution in [-0.2, 0) is 4.74 Å². The fourth-order valence-corrected chi connectivity index (χ4v) is 5.15. The van der Waals surface area contributed by atoms with Crippen molar-refractivity contribution in [1.29, 1.82) is 0 Å². The maximum Gasteiger partial charge on any atom is 0.338 e. The number of piperazine rings is 1. The van der Waals surface area contributed by atoms with Crippen LogP contribution in [0.25, 0.3) is 5.57 Å². The highest BCUT2D eigenvalue weighted by Crippen LogP contribution is 2.42. The highest BCUT2D eigenvalue weighted by atomic mass is 35.5. The van der Waals surface area contributed by atoms with Crippen LogP contribution in [0.2, 0.25) is 5.02 Å². The van der Waals surface area contributed by atoms with Crippen molar-refractivity contribution in [3.05, 3.63) is 70.3 Å². The van der Waals surface area contributed by atoms with Gasteiger partial charge in [-0.15, -0.1) is 0 Å². The first-order chi connectivity index (χ1) is 15.8. The Morgan fingerprint density at radius 1 is 1.00 bits per heavy atom. The number of ether oxygens (including phenoxy) is 1. The van der Waals surface area contributed by atoms with Crippen LogP contribution in [0.4, 0.5) is 5.69 Å². The number of hydrogen-bond donors (Lipinski definition) is 0. The quantitative estimate of drug-likeness (QED) is 0.467. The van der Waals surface area contributed by atoms with Crippen LogP contribution in [0.1, 0.15) is 56.0 Å². The molecule has 2 aliphatic rings. The minimum Gasteiger partial charge on any atom is -0.462 e. The Hall–Kier alpha value is -2.30. The lowest BCUT2D eigenvalue weighted by Crippen LogP contribution is -2.47. The number of hydrogen-bond acceptors (Lipinski definition) is 4. The second kappa shape index (κ2) is 10.3. The summed E-state index contributed by atoms with van der Waals surface area (Å²) >= 11 is 6.14. The number of anilines is 1. The largest absolute Gasteiger partial charge is 0.462 e. The van der Waals surface area contributed by atoms with E-state index in [1.165, 1.54) is 23.2 Å². The van der Waals surface area contributed by atoms with Crippen molar-refractivity contribution in [2.45, 2.75) is 40.0 Å². The second-order valence-corrected chi connectivity index (χ2v) is 10.4. The minimum atomic E-state index is -0.256. The van der Waals surface area contributed by atoms with E-state index in [1.54, 1.807) is 5.57 Å². The van der Waals surface area contributed by atoms with Crippen molar-refractivity contribution >= 4 is 28.8 Å². The molecule has 176 valence electrons. The van der Waals surface area contributed by atoms with E-state index in [2.05, 4.69) is 35.8 Å². The summed E-state index contributed by atoms with van der Waals surface area (Å²) in [4.78, 5) is 16.9. The molecule has 1 heterocycles. The summed E-state index contributed by atoms with van der Waals surface area (Å²) in [6.45, 7) is 12.1. The molecule has 1 aliphatic heterocycles. The molecule has 0 amide bonds. The van der Waals surface area contributed by atoms with E-state index in [0.29, 0.717) is 17.6 Å². The van der Waals surface area contributed by atoms with Crippen molar-refractivity contribution in [1.82, 2.24) is 4.90 Å². The van der Waals surface area contributed by atoms with E-state index in [-0.39, 0.29) is 5.97 Å². The molecule has 0 atom stereocenters. The summed E-state index contributed by atoms with van der Waals surface area (Å²) in [5, 5.41) is 0.795. The first-order valence-corrected chi connectivity index (χ1v) is 12.4. The van der Waals surface area contributed by atoms with Crippen LogP contribution in [-0.4, -0.2) is 50.2 Å². The van der Waals surface area contributed by atoms with E-state index in [4.69, 9.17) is 16.3 Å². The molecule has 5 heteroatoms. The predicted octanol–water partition coefficient (Wildman–Crippen LogP) is 6.30. The standard InChI is InChI=1S/C28H35ClN2O2/c1-4-33-27(32)22-7-11-25(12-8-22)31-17-15-30(16-18-31)20-23-19-28(2,3)14-13-26(23)21-5-9-24(29)10-6-21/h5-12H,4,13-20H2,1-3H3. The number of nitrogens with zero attached hydrogens (tertiary/aromatic N) is 2. The lowest BCUT2D eigenvalue weighted by atomic mass is 9.73. The fourth-order valence-electron chi connectivity index (χ4n) is 5.02. The Balaban J connectivity index is 1.41. The van der Waals surface area contributed by atoms with Gasteiger partial charge in [-0.1, -0.05) is 43.2 Å². The van der Waals surface area contributed by atoms with Gasteiger partial charge < -0.3 is 9.64 Å². The number of esters is 1. The maximum atomic E-state index is 11.9. The number of halogens is 1. The third kappa shape index (κ3) is 5.99. The molecule has 0 radical (unpaired) electrons. The first-order valence-electron chi connectivity index (χ1n) is 12.1. The van der Waals surface area contributed by atoms with E-state index in [0.717, 1.165) is 50.6 Å². The number of carbonyl (C=O) groups excluding carboxylic acids is 1. The molecule has 0 saturated carbocycles. The van der Waals surface area contributed by atoms with Crippen LogP contribution in [0, 0.1) is 5.41 Å². The lowest BCUT2D eigenvalue weighted by Gasteiger charge is -2.39. The van der Waals surface area contributed by atoms with Gasteiger partial charge in [-0.3, -0.25) is 4.90 Å². The van der Waals surface area contributed by atoms with Gasteiger partial charge >= 0.3 is 5.97 Å². The van der Waals surface area contributed by atoms with E-state index in [1.807, 2.05) is 43.3 Å². The van der Waals surface area contributed by atoms with Gasteiger partial charge in [0.1, 0.15) is 0 Å². The van der Waals surface area contributed by atoms with Crippen LogP contribution in [0.15, 0.2) is 54.1 Å². The highest BCUT2D eigenvalue weighted by molar-refractivity contribution is 6.30. The number of carbonyl (C=O) groups is 1. The topological polar surface area (TPSA) is 32.8 Å². The van der Waals surface area contributed by atoms with Crippen molar-refractivity contribution in [2.24, 2.45) is 5.41 Å². The molecular formula is C28H35ClN2O2.